The van der Waals surface area contributed by atoms with E-state index in [2.05, 4.69) is 15.0 Å². The van der Waals surface area contributed by atoms with Crippen LogP contribution in [-0.4, -0.2) is 36.1 Å². The minimum atomic E-state index is -4.77. The smallest absolute Gasteiger partial charge is 0.503 e. The first-order valence-electron chi connectivity index (χ1n) is 8.79. The average Bonchev–Trinajstić information content (AvgIpc) is 3.21. The Morgan fingerprint density at radius 2 is 2.07 bits per heavy atom. The fourth-order valence-electron chi connectivity index (χ4n) is 2.90. The Kier molecular flexibility index (Phi) is 6.12. The lowest BCUT2D eigenvalue weighted by molar-refractivity contribution is -0.274. The highest BCUT2D eigenvalue weighted by Gasteiger charge is 2.31. The van der Waals surface area contributed by atoms with E-state index in [1.54, 1.807) is 0 Å². The number of aromatic hydroxyl groups is 1. The van der Waals surface area contributed by atoms with Gasteiger partial charge in [-0.3, -0.25) is 4.79 Å². The maximum Gasteiger partial charge on any atom is 0.573 e. The minimum absolute atomic E-state index is 0.0126. The van der Waals surface area contributed by atoms with Crippen LogP contribution in [0.15, 0.2) is 30.3 Å². The summed E-state index contributed by atoms with van der Waals surface area (Å²) in [7, 11) is 1.36. The topological polar surface area (TPSA) is 89.9 Å². The lowest BCUT2D eigenvalue weighted by Crippen LogP contribution is -2.24. The predicted octanol–water partition coefficient (Wildman–Crippen LogP) is 3.48. The number of ether oxygens (including phenoxy) is 3. The number of carbonyl (C=O) groups excluding carboxylic acids is 1. The Morgan fingerprint density at radius 1 is 1.34 bits per heavy atom. The van der Waals surface area contributed by atoms with Gasteiger partial charge in [0.1, 0.15) is 5.75 Å². The molecule has 1 aromatic heterocycles. The summed E-state index contributed by atoms with van der Waals surface area (Å²) >= 11 is 0. The van der Waals surface area contributed by atoms with E-state index in [9.17, 15) is 23.1 Å². The van der Waals surface area contributed by atoms with Crippen LogP contribution in [0.1, 0.15) is 40.7 Å². The number of pyridine rings is 1. The van der Waals surface area contributed by atoms with Gasteiger partial charge in [0.2, 0.25) is 0 Å². The second-order valence-electron chi connectivity index (χ2n) is 6.32. The van der Waals surface area contributed by atoms with E-state index >= 15 is 0 Å². The van der Waals surface area contributed by atoms with Gasteiger partial charge < -0.3 is 24.6 Å². The monoisotopic (exact) mass is 412 g/mol. The van der Waals surface area contributed by atoms with Crippen molar-refractivity contribution in [3.05, 3.63) is 47.3 Å². The van der Waals surface area contributed by atoms with Crippen molar-refractivity contribution in [3.63, 3.8) is 0 Å². The zero-order valence-corrected chi connectivity index (χ0v) is 15.5. The van der Waals surface area contributed by atoms with Crippen LogP contribution in [0.25, 0.3) is 0 Å². The van der Waals surface area contributed by atoms with Crippen LogP contribution in [0.5, 0.6) is 17.2 Å². The molecule has 10 heteroatoms. The highest BCUT2D eigenvalue weighted by atomic mass is 19.4. The molecule has 156 valence electrons. The van der Waals surface area contributed by atoms with Crippen molar-refractivity contribution in [1.29, 1.82) is 0 Å². The molecule has 1 aromatic carbocycles. The van der Waals surface area contributed by atoms with Crippen LogP contribution in [0.4, 0.5) is 13.2 Å². The van der Waals surface area contributed by atoms with Gasteiger partial charge in [-0.1, -0.05) is 12.1 Å². The van der Waals surface area contributed by atoms with E-state index in [1.165, 1.54) is 25.3 Å². The first kappa shape index (κ1) is 20.7. The van der Waals surface area contributed by atoms with Crippen molar-refractivity contribution >= 4 is 5.91 Å². The minimum Gasteiger partial charge on any atom is -0.503 e. The molecule has 3 rings (SSSR count). The first-order chi connectivity index (χ1) is 13.8. The molecule has 1 fully saturated rings. The fourth-order valence-corrected chi connectivity index (χ4v) is 2.90. The van der Waals surface area contributed by atoms with E-state index in [0.717, 1.165) is 25.0 Å². The third-order valence-electron chi connectivity index (χ3n) is 4.28. The van der Waals surface area contributed by atoms with Gasteiger partial charge in [0.05, 0.1) is 18.9 Å². The number of carbonyl (C=O) groups is 1. The van der Waals surface area contributed by atoms with Crippen molar-refractivity contribution in [2.75, 3.05) is 13.7 Å². The maximum atomic E-state index is 12.5. The Morgan fingerprint density at radius 3 is 2.66 bits per heavy atom. The standard InChI is InChI=1S/C19H19F3N2O5/c1-27-15-9-13(14-3-2-8-28-14)24-16(17(15)25)18(26)23-10-11-4-6-12(7-5-11)29-19(20,21)22/h4-7,9,14,25H,2-3,8,10H2,1H3,(H,23,26). The van der Waals surface area contributed by atoms with Crippen molar-refractivity contribution < 1.29 is 37.3 Å². The Bertz CT molecular complexity index is 865. The molecule has 7 nitrogen and oxygen atoms in total. The molecule has 0 radical (unpaired) electrons. The van der Waals surface area contributed by atoms with Crippen LogP contribution in [0, 0.1) is 0 Å². The van der Waals surface area contributed by atoms with Gasteiger partial charge in [0.25, 0.3) is 5.91 Å². The summed E-state index contributed by atoms with van der Waals surface area (Å²) in [4.78, 5) is 16.7. The van der Waals surface area contributed by atoms with Gasteiger partial charge >= 0.3 is 6.36 Å². The molecular weight excluding hydrogens is 393 g/mol. The van der Waals surface area contributed by atoms with Gasteiger partial charge in [-0.2, -0.15) is 0 Å². The number of amides is 1. The van der Waals surface area contributed by atoms with Gasteiger partial charge in [-0.15, -0.1) is 13.2 Å². The fraction of sp³-hybridized carbons (Fsp3) is 0.368. The molecule has 1 aliphatic heterocycles. The van der Waals surface area contributed by atoms with E-state index in [-0.39, 0.29) is 29.8 Å². The summed E-state index contributed by atoms with van der Waals surface area (Å²) < 4.78 is 51.1. The van der Waals surface area contributed by atoms with Crippen LogP contribution in [0.2, 0.25) is 0 Å². The van der Waals surface area contributed by atoms with Crippen molar-refractivity contribution in [2.24, 2.45) is 0 Å². The molecule has 1 unspecified atom stereocenters. The maximum absolute atomic E-state index is 12.5. The predicted molar refractivity (Wildman–Crippen MR) is 94.7 cm³/mol. The molecule has 2 aromatic rings. The Balaban J connectivity index is 1.71. The quantitative estimate of drug-likeness (QED) is 0.755. The zero-order chi connectivity index (χ0) is 21.0. The number of methoxy groups -OCH3 is 1. The lowest BCUT2D eigenvalue weighted by atomic mass is 10.1. The normalized spacial score (nSPS) is 16.5. The van der Waals surface area contributed by atoms with Crippen molar-refractivity contribution in [1.82, 2.24) is 10.3 Å². The third kappa shape index (κ3) is 5.29. The van der Waals surface area contributed by atoms with Crippen LogP contribution >= 0.6 is 0 Å². The number of rotatable bonds is 6. The van der Waals surface area contributed by atoms with Gasteiger partial charge in [0.15, 0.2) is 17.2 Å². The summed E-state index contributed by atoms with van der Waals surface area (Å²) in [6, 6.07) is 6.59. The number of nitrogens with zero attached hydrogens (tertiary/aromatic N) is 1. The van der Waals surface area contributed by atoms with E-state index < -0.39 is 18.0 Å². The second-order valence-corrected chi connectivity index (χ2v) is 6.32. The summed E-state index contributed by atoms with van der Waals surface area (Å²) in [6.45, 7) is 0.601. The average molecular weight is 412 g/mol. The lowest BCUT2D eigenvalue weighted by Gasteiger charge is -2.15. The van der Waals surface area contributed by atoms with Gasteiger partial charge in [0, 0.05) is 19.2 Å². The second kappa shape index (κ2) is 8.56. The number of hydrogen-bond acceptors (Lipinski definition) is 6. The molecule has 1 amide bonds. The molecule has 2 N–H and O–H groups in total. The molecule has 2 heterocycles. The summed E-state index contributed by atoms with van der Waals surface area (Å²) in [5.41, 5.74) is 0.803. The molecule has 1 atom stereocenters. The number of hydrogen-bond donors (Lipinski definition) is 2. The highest BCUT2D eigenvalue weighted by molar-refractivity contribution is 5.95. The summed E-state index contributed by atoms with van der Waals surface area (Å²) in [6.07, 6.45) is -3.44. The Hall–Kier alpha value is -3.01. The number of nitrogens with one attached hydrogen (secondary N) is 1. The summed E-state index contributed by atoms with van der Waals surface area (Å²) in [5, 5.41) is 12.8. The van der Waals surface area contributed by atoms with Crippen molar-refractivity contribution in [3.8, 4) is 17.2 Å². The molecule has 0 saturated carbocycles. The number of halogens is 3. The zero-order valence-electron chi connectivity index (χ0n) is 15.5. The van der Waals surface area contributed by atoms with E-state index in [1.807, 2.05) is 0 Å². The molecule has 29 heavy (non-hydrogen) atoms. The molecule has 0 bridgehead atoms. The highest BCUT2D eigenvalue weighted by Crippen LogP contribution is 2.35. The van der Waals surface area contributed by atoms with Crippen LogP contribution in [0.3, 0.4) is 0 Å². The first-order valence-corrected chi connectivity index (χ1v) is 8.79. The Labute approximate surface area is 164 Å². The van der Waals surface area contributed by atoms with Crippen LogP contribution < -0.4 is 14.8 Å². The third-order valence-corrected chi connectivity index (χ3v) is 4.28. The SMILES string of the molecule is COc1cc(C2CCCO2)nc(C(=O)NCc2ccc(OC(F)(F)F)cc2)c1O. The van der Waals surface area contributed by atoms with Crippen molar-refractivity contribution in [2.45, 2.75) is 31.9 Å². The van der Waals surface area contributed by atoms with Gasteiger partial charge in [-0.05, 0) is 30.5 Å². The number of aromatic nitrogens is 1. The molecule has 0 spiro atoms. The molecule has 0 aliphatic carbocycles. The number of benzene rings is 1. The summed E-state index contributed by atoms with van der Waals surface area (Å²) in [5.74, 6) is -1.32. The van der Waals surface area contributed by atoms with Crippen LogP contribution in [-0.2, 0) is 11.3 Å². The largest absolute Gasteiger partial charge is 0.573 e. The van der Waals surface area contributed by atoms with E-state index in [0.29, 0.717) is 17.9 Å². The molecule has 1 saturated heterocycles. The van der Waals surface area contributed by atoms with E-state index in [4.69, 9.17) is 9.47 Å². The number of alkyl halides is 3. The van der Waals surface area contributed by atoms with Gasteiger partial charge in [-0.25, -0.2) is 4.98 Å². The molecular formula is C19H19F3N2O5. The molecule has 1 aliphatic rings.